The van der Waals surface area contributed by atoms with Crippen LogP contribution in [0.3, 0.4) is 0 Å². The van der Waals surface area contributed by atoms with Gasteiger partial charge in [0.05, 0.1) is 0 Å². The summed E-state index contributed by atoms with van der Waals surface area (Å²) in [6.07, 6.45) is 3.72. The van der Waals surface area contributed by atoms with Gasteiger partial charge in [-0.25, -0.2) is 0 Å². The maximum absolute atomic E-state index is 11.0. The first kappa shape index (κ1) is 10.6. The largest absolute Gasteiger partial charge is 0.356 e. The number of nitrogens with one attached hydrogen (secondary N) is 1. The number of hydrogen-bond donors (Lipinski definition) is 1. The molecule has 1 unspecified atom stereocenters. The summed E-state index contributed by atoms with van der Waals surface area (Å²) in [5.74, 6) is 0.928. The average Bonchev–Trinajstić information content (AvgIpc) is 2.65. The Morgan fingerprint density at radius 1 is 1.40 bits per heavy atom. The van der Waals surface area contributed by atoms with E-state index in [2.05, 4.69) is 10.2 Å². The van der Waals surface area contributed by atoms with Crippen molar-refractivity contribution in [2.45, 2.75) is 19.3 Å². The van der Waals surface area contributed by atoms with Crippen LogP contribution in [0.25, 0.3) is 0 Å². The standard InChI is InChI=1S/C11H18N2O2/c14-8-9-1-3-13(4-2-9)7-10-5-11(15)12-6-10/h8-10H,1-7H2,(H,12,15). The van der Waals surface area contributed by atoms with E-state index in [1.165, 1.54) is 0 Å². The zero-order valence-electron chi connectivity index (χ0n) is 8.95. The quantitative estimate of drug-likeness (QED) is 0.669. The monoisotopic (exact) mass is 210 g/mol. The molecule has 4 nitrogen and oxygen atoms in total. The number of rotatable bonds is 3. The van der Waals surface area contributed by atoms with E-state index in [1.54, 1.807) is 0 Å². The lowest BCUT2D eigenvalue weighted by molar-refractivity contribution is -0.119. The number of nitrogens with zero attached hydrogens (tertiary/aromatic N) is 1. The molecule has 4 heteroatoms. The van der Waals surface area contributed by atoms with Crippen LogP contribution in [0.2, 0.25) is 0 Å². The topological polar surface area (TPSA) is 49.4 Å². The maximum Gasteiger partial charge on any atom is 0.220 e. The highest BCUT2D eigenvalue weighted by atomic mass is 16.1. The molecule has 0 bridgehead atoms. The number of hydrogen-bond acceptors (Lipinski definition) is 3. The number of amides is 1. The van der Waals surface area contributed by atoms with Gasteiger partial charge in [0.15, 0.2) is 0 Å². The maximum atomic E-state index is 11.0. The molecule has 2 rings (SSSR count). The van der Waals surface area contributed by atoms with Gasteiger partial charge >= 0.3 is 0 Å². The predicted octanol–water partition coefficient (Wildman–Crippen LogP) is 0.0334. The van der Waals surface area contributed by atoms with Crippen molar-refractivity contribution in [2.24, 2.45) is 11.8 Å². The minimum atomic E-state index is 0.183. The SMILES string of the molecule is O=CC1CCN(CC2CNC(=O)C2)CC1. The predicted molar refractivity (Wildman–Crippen MR) is 56.3 cm³/mol. The molecule has 84 valence electrons. The van der Waals surface area contributed by atoms with Crippen molar-refractivity contribution in [1.82, 2.24) is 10.2 Å². The van der Waals surface area contributed by atoms with Crippen LogP contribution in [0.15, 0.2) is 0 Å². The first-order chi connectivity index (χ1) is 7.28. The Morgan fingerprint density at radius 2 is 2.13 bits per heavy atom. The van der Waals surface area contributed by atoms with E-state index >= 15 is 0 Å². The summed E-state index contributed by atoms with van der Waals surface area (Å²) < 4.78 is 0. The van der Waals surface area contributed by atoms with Gasteiger partial charge < -0.3 is 15.0 Å². The Morgan fingerprint density at radius 3 is 2.67 bits per heavy atom. The van der Waals surface area contributed by atoms with Crippen LogP contribution in [-0.4, -0.2) is 43.3 Å². The minimum Gasteiger partial charge on any atom is -0.356 e. The van der Waals surface area contributed by atoms with Gasteiger partial charge in [-0.1, -0.05) is 0 Å². The number of aldehydes is 1. The van der Waals surface area contributed by atoms with Crippen LogP contribution in [0, 0.1) is 11.8 Å². The summed E-state index contributed by atoms with van der Waals surface area (Å²) in [5, 5.41) is 2.86. The van der Waals surface area contributed by atoms with Crippen molar-refractivity contribution in [2.75, 3.05) is 26.2 Å². The lowest BCUT2D eigenvalue weighted by Crippen LogP contribution is -2.37. The van der Waals surface area contributed by atoms with Gasteiger partial charge in [-0.2, -0.15) is 0 Å². The zero-order chi connectivity index (χ0) is 10.7. The molecule has 0 aromatic heterocycles. The molecular formula is C11H18N2O2. The lowest BCUT2D eigenvalue weighted by Gasteiger charge is -2.31. The van der Waals surface area contributed by atoms with Gasteiger partial charge in [0, 0.05) is 25.4 Å². The molecule has 2 aliphatic rings. The summed E-state index contributed by atoms with van der Waals surface area (Å²) in [6, 6.07) is 0. The van der Waals surface area contributed by atoms with E-state index < -0.39 is 0 Å². The number of piperidine rings is 1. The Kier molecular flexibility index (Phi) is 3.36. The third kappa shape index (κ3) is 2.78. The average molecular weight is 210 g/mol. The second-order valence-corrected chi connectivity index (χ2v) is 4.65. The van der Waals surface area contributed by atoms with Gasteiger partial charge in [-0.15, -0.1) is 0 Å². The Bertz CT molecular complexity index is 247. The second-order valence-electron chi connectivity index (χ2n) is 4.65. The van der Waals surface area contributed by atoms with E-state index in [9.17, 15) is 9.59 Å². The van der Waals surface area contributed by atoms with E-state index in [-0.39, 0.29) is 11.8 Å². The molecule has 1 N–H and O–H groups in total. The Balaban J connectivity index is 1.72. The van der Waals surface area contributed by atoms with E-state index in [0.717, 1.165) is 45.3 Å². The highest BCUT2D eigenvalue weighted by molar-refractivity contribution is 5.78. The van der Waals surface area contributed by atoms with Crippen molar-refractivity contribution < 1.29 is 9.59 Å². The summed E-state index contributed by atoms with van der Waals surface area (Å²) in [5.41, 5.74) is 0. The summed E-state index contributed by atoms with van der Waals surface area (Å²) in [4.78, 5) is 24.0. The van der Waals surface area contributed by atoms with Crippen LogP contribution in [-0.2, 0) is 9.59 Å². The van der Waals surface area contributed by atoms with Gasteiger partial charge in [0.2, 0.25) is 5.91 Å². The second kappa shape index (κ2) is 4.75. The van der Waals surface area contributed by atoms with Gasteiger partial charge in [-0.05, 0) is 31.8 Å². The first-order valence-corrected chi connectivity index (χ1v) is 5.72. The Hall–Kier alpha value is -0.900. The third-order valence-corrected chi connectivity index (χ3v) is 3.40. The molecule has 0 aromatic carbocycles. The fourth-order valence-electron chi connectivity index (χ4n) is 2.43. The molecular weight excluding hydrogens is 192 g/mol. The summed E-state index contributed by atoms with van der Waals surface area (Å²) >= 11 is 0. The van der Waals surface area contributed by atoms with Crippen molar-refractivity contribution in [3.8, 4) is 0 Å². The normalized spacial score (nSPS) is 29.1. The molecule has 0 aromatic rings. The molecule has 0 saturated carbocycles. The molecule has 0 radical (unpaired) electrons. The zero-order valence-corrected chi connectivity index (χ0v) is 8.95. The molecule has 1 amide bonds. The van der Waals surface area contributed by atoms with Gasteiger partial charge in [0.1, 0.15) is 6.29 Å². The fourth-order valence-corrected chi connectivity index (χ4v) is 2.43. The molecule has 2 aliphatic heterocycles. The van der Waals surface area contributed by atoms with E-state index in [4.69, 9.17) is 0 Å². The van der Waals surface area contributed by atoms with Crippen molar-refractivity contribution in [3.05, 3.63) is 0 Å². The van der Waals surface area contributed by atoms with Crippen molar-refractivity contribution in [3.63, 3.8) is 0 Å². The van der Waals surface area contributed by atoms with Crippen molar-refractivity contribution >= 4 is 12.2 Å². The highest BCUT2D eigenvalue weighted by Crippen LogP contribution is 2.18. The van der Waals surface area contributed by atoms with E-state index in [1.807, 2.05) is 0 Å². The van der Waals surface area contributed by atoms with Crippen LogP contribution in [0.1, 0.15) is 19.3 Å². The first-order valence-electron chi connectivity index (χ1n) is 5.72. The van der Waals surface area contributed by atoms with Crippen LogP contribution < -0.4 is 5.32 Å². The van der Waals surface area contributed by atoms with Crippen LogP contribution in [0.5, 0.6) is 0 Å². The Labute approximate surface area is 90.0 Å². The molecule has 0 aliphatic carbocycles. The molecule has 2 fully saturated rings. The molecule has 1 atom stereocenters. The minimum absolute atomic E-state index is 0.183. The highest BCUT2D eigenvalue weighted by Gasteiger charge is 2.25. The smallest absolute Gasteiger partial charge is 0.220 e. The number of likely N-dealkylation sites (tertiary alicyclic amines) is 1. The van der Waals surface area contributed by atoms with Crippen LogP contribution >= 0.6 is 0 Å². The van der Waals surface area contributed by atoms with Crippen molar-refractivity contribution in [1.29, 1.82) is 0 Å². The number of carbonyl (C=O) groups excluding carboxylic acids is 2. The number of carbonyl (C=O) groups is 2. The third-order valence-electron chi connectivity index (χ3n) is 3.40. The summed E-state index contributed by atoms with van der Waals surface area (Å²) in [7, 11) is 0. The molecule has 0 spiro atoms. The van der Waals surface area contributed by atoms with E-state index in [0.29, 0.717) is 12.3 Å². The summed E-state index contributed by atoms with van der Waals surface area (Å²) in [6.45, 7) is 3.85. The van der Waals surface area contributed by atoms with Gasteiger partial charge in [0.25, 0.3) is 0 Å². The fraction of sp³-hybridized carbons (Fsp3) is 0.818. The lowest BCUT2D eigenvalue weighted by atomic mass is 9.97. The molecule has 2 heterocycles. The van der Waals surface area contributed by atoms with Gasteiger partial charge in [-0.3, -0.25) is 4.79 Å². The molecule has 15 heavy (non-hydrogen) atoms. The molecule has 2 saturated heterocycles. The van der Waals surface area contributed by atoms with Crippen LogP contribution in [0.4, 0.5) is 0 Å².